The maximum absolute atomic E-state index is 14.0. The molecule has 0 atom stereocenters. The van der Waals surface area contributed by atoms with Crippen LogP contribution in [0.1, 0.15) is 30.8 Å². The third-order valence-corrected chi connectivity index (χ3v) is 3.10. The lowest BCUT2D eigenvalue weighted by atomic mass is 10.1. The fourth-order valence-corrected chi connectivity index (χ4v) is 1.91. The Morgan fingerprint density at radius 3 is 2.74 bits per heavy atom. The molecule has 0 bridgehead atoms. The van der Waals surface area contributed by atoms with E-state index in [1.165, 1.54) is 0 Å². The van der Waals surface area contributed by atoms with Crippen LogP contribution in [0.15, 0.2) is 30.6 Å². The van der Waals surface area contributed by atoms with Crippen LogP contribution >= 0.6 is 0 Å². The number of hydrogen-bond donors (Lipinski definition) is 1. The van der Waals surface area contributed by atoms with Crippen LogP contribution in [0.5, 0.6) is 0 Å². The van der Waals surface area contributed by atoms with Crippen LogP contribution in [0.3, 0.4) is 0 Å². The van der Waals surface area contributed by atoms with E-state index in [9.17, 15) is 4.39 Å². The Hall–Kier alpha value is -1.68. The van der Waals surface area contributed by atoms with E-state index in [1.807, 2.05) is 43.8 Å². The van der Waals surface area contributed by atoms with Crippen molar-refractivity contribution in [1.29, 1.82) is 0 Å². The number of benzene rings is 1. The Morgan fingerprint density at radius 1 is 1.37 bits per heavy atom. The van der Waals surface area contributed by atoms with Crippen LogP contribution in [0.4, 0.5) is 4.39 Å². The molecule has 19 heavy (non-hydrogen) atoms. The first-order valence-corrected chi connectivity index (χ1v) is 6.53. The highest BCUT2D eigenvalue weighted by molar-refractivity contribution is 5.26. The summed E-state index contributed by atoms with van der Waals surface area (Å²) in [5.74, 6) is 0.785. The summed E-state index contributed by atoms with van der Waals surface area (Å²) in [4.78, 5) is 4.25. The van der Waals surface area contributed by atoms with E-state index < -0.39 is 0 Å². The summed E-state index contributed by atoms with van der Waals surface area (Å²) in [5, 5.41) is 3.22. The summed E-state index contributed by atoms with van der Waals surface area (Å²) in [7, 11) is 1.94. The number of rotatable bonds is 5. The molecule has 1 N–H and O–H groups in total. The van der Waals surface area contributed by atoms with E-state index in [4.69, 9.17) is 0 Å². The van der Waals surface area contributed by atoms with Gasteiger partial charge in [-0.3, -0.25) is 0 Å². The van der Waals surface area contributed by atoms with E-state index in [-0.39, 0.29) is 5.82 Å². The van der Waals surface area contributed by atoms with Gasteiger partial charge in [-0.25, -0.2) is 9.37 Å². The standard InChI is InChI=1S/C15H20FN3/c1-11(2)18-10-13-5-4-12(8-14(13)16)9-15-17-6-7-19(15)3/h4-8,11,18H,9-10H2,1-3H3. The first-order valence-electron chi connectivity index (χ1n) is 6.53. The minimum atomic E-state index is -0.153. The molecular weight excluding hydrogens is 241 g/mol. The predicted molar refractivity (Wildman–Crippen MR) is 74.4 cm³/mol. The summed E-state index contributed by atoms with van der Waals surface area (Å²) < 4.78 is 15.9. The highest BCUT2D eigenvalue weighted by Crippen LogP contribution is 2.13. The summed E-state index contributed by atoms with van der Waals surface area (Å²) in [6.07, 6.45) is 4.30. The summed E-state index contributed by atoms with van der Waals surface area (Å²) in [5.41, 5.74) is 1.65. The second-order valence-corrected chi connectivity index (χ2v) is 5.09. The topological polar surface area (TPSA) is 29.9 Å². The second-order valence-electron chi connectivity index (χ2n) is 5.09. The first kappa shape index (κ1) is 13.7. The molecule has 0 aliphatic rings. The van der Waals surface area contributed by atoms with Gasteiger partial charge in [0, 0.05) is 44.0 Å². The van der Waals surface area contributed by atoms with Crippen LogP contribution in [0, 0.1) is 5.82 Å². The van der Waals surface area contributed by atoms with Gasteiger partial charge in [0.2, 0.25) is 0 Å². The van der Waals surface area contributed by atoms with Crippen LogP contribution in [0.2, 0.25) is 0 Å². The number of hydrogen-bond acceptors (Lipinski definition) is 2. The number of aromatic nitrogens is 2. The second kappa shape index (κ2) is 5.97. The van der Waals surface area contributed by atoms with Gasteiger partial charge in [-0.15, -0.1) is 0 Å². The molecule has 1 aromatic carbocycles. The Balaban J connectivity index is 2.08. The zero-order valence-electron chi connectivity index (χ0n) is 11.7. The Morgan fingerprint density at radius 2 is 2.16 bits per heavy atom. The average Bonchev–Trinajstić information content (AvgIpc) is 2.74. The Labute approximate surface area is 113 Å². The largest absolute Gasteiger partial charge is 0.338 e. The van der Waals surface area contributed by atoms with Crippen molar-refractivity contribution < 1.29 is 4.39 Å². The molecule has 0 aliphatic heterocycles. The molecule has 0 fully saturated rings. The maximum Gasteiger partial charge on any atom is 0.127 e. The smallest absolute Gasteiger partial charge is 0.127 e. The number of nitrogens with one attached hydrogen (secondary N) is 1. The van der Waals surface area contributed by atoms with E-state index >= 15 is 0 Å². The SMILES string of the molecule is CC(C)NCc1ccc(Cc2nccn2C)cc1F. The summed E-state index contributed by atoms with van der Waals surface area (Å²) in [6, 6.07) is 5.77. The Kier molecular flexibility index (Phi) is 4.32. The molecule has 0 unspecified atom stereocenters. The molecule has 1 heterocycles. The zero-order valence-corrected chi connectivity index (χ0v) is 11.7. The molecule has 0 saturated carbocycles. The van der Waals surface area contributed by atoms with Crippen molar-refractivity contribution in [2.24, 2.45) is 7.05 Å². The molecule has 0 spiro atoms. The zero-order chi connectivity index (χ0) is 13.8. The van der Waals surface area contributed by atoms with E-state index in [1.54, 1.807) is 12.3 Å². The average molecular weight is 261 g/mol. The number of aryl methyl sites for hydroxylation is 1. The minimum absolute atomic E-state index is 0.153. The molecule has 2 aromatic rings. The molecule has 102 valence electrons. The summed E-state index contributed by atoms with van der Waals surface area (Å²) >= 11 is 0. The van der Waals surface area contributed by atoms with Crippen molar-refractivity contribution >= 4 is 0 Å². The quantitative estimate of drug-likeness (QED) is 0.896. The third kappa shape index (κ3) is 3.64. The Bertz CT molecular complexity index is 546. The molecule has 1 aromatic heterocycles. The number of nitrogens with zero attached hydrogens (tertiary/aromatic N) is 2. The fourth-order valence-electron chi connectivity index (χ4n) is 1.91. The maximum atomic E-state index is 14.0. The predicted octanol–water partition coefficient (Wildman–Crippen LogP) is 2.65. The lowest BCUT2D eigenvalue weighted by Gasteiger charge is -2.10. The van der Waals surface area contributed by atoms with Gasteiger partial charge in [0.15, 0.2) is 0 Å². The molecule has 4 heteroatoms. The van der Waals surface area contributed by atoms with E-state index in [0.29, 0.717) is 24.6 Å². The van der Waals surface area contributed by atoms with Crippen molar-refractivity contribution in [1.82, 2.24) is 14.9 Å². The van der Waals surface area contributed by atoms with E-state index in [0.717, 1.165) is 11.4 Å². The van der Waals surface area contributed by atoms with Gasteiger partial charge < -0.3 is 9.88 Å². The lowest BCUT2D eigenvalue weighted by Crippen LogP contribution is -2.22. The minimum Gasteiger partial charge on any atom is -0.338 e. The molecule has 3 nitrogen and oxygen atoms in total. The molecular formula is C15H20FN3. The van der Waals surface area contributed by atoms with Crippen molar-refractivity contribution in [2.45, 2.75) is 32.9 Å². The van der Waals surface area contributed by atoms with Crippen LogP contribution in [-0.4, -0.2) is 15.6 Å². The molecule has 0 amide bonds. The molecule has 0 radical (unpaired) electrons. The van der Waals surface area contributed by atoms with Crippen molar-refractivity contribution in [3.63, 3.8) is 0 Å². The van der Waals surface area contributed by atoms with Crippen molar-refractivity contribution in [3.8, 4) is 0 Å². The van der Waals surface area contributed by atoms with Gasteiger partial charge in [-0.2, -0.15) is 0 Å². The van der Waals surface area contributed by atoms with Gasteiger partial charge in [-0.1, -0.05) is 26.0 Å². The van der Waals surface area contributed by atoms with Crippen molar-refractivity contribution in [2.75, 3.05) is 0 Å². The van der Waals surface area contributed by atoms with Crippen LogP contribution in [0.25, 0.3) is 0 Å². The van der Waals surface area contributed by atoms with Gasteiger partial charge >= 0.3 is 0 Å². The lowest BCUT2D eigenvalue weighted by molar-refractivity contribution is 0.552. The van der Waals surface area contributed by atoms with Gasteiger partial charge in [0.1, 0.15) is 11.6 Å². The van der Waals surface area contributed by atoms with Gasteiger partial charge in [0.05, 0.1) is 0 Å². The van der Waals surface area contributed by atoms with Gasteiger partial charge in [-0.05, 0) is 11.6 Å². The van der Waals surface area contributed by atoms with Crippen molar-refractivity contribution in [3.05, 3.63) is 53.4 Å². The normalized spacial score (nSPS) is 11.2. The monoisotopic (exact) mass is 261 g/mol. The highest BCUT2D eigenvalue weighted by atomic mass is 19.1. The number of halogens is 1. The molecule has 2 rings (SSSR count). The molecule has 0 saturated heterocycles. The first-order chi connectivity index (χ1) is 9.06. The van der Waals surface area contributed by atoms with Crippen LogP contribution in [-0.2, 0) is 20.0 Å². The number of imidazole rings is 1. The summed E-state index contributed by atoms with van der Waals surface area (Å²) in [6.45, 7) is 4.66. The highest BCUT2D eigenvalue weighted by Gasteiger charge is 2.06. The van der Waals surface area contributed by atoms with Crippen LogP contribution < -0.4 is 5.32 Å². The molecule has 0 aliphatic carbocycles. The fraction of sp³-hybridized carbons (Fsp3) is 0.400. The third-order valence-electron chi connectivity index (χ3n) is 3.10. The van der Waals surface area contributed by atoms with Gasteiger partial charge in [0.25, 0.3) is 0 Å². The van der Waals surface area contributed by atoms with E-state index in [2.05, 4.69) is 10.3 Å².